The molecule has 0 unspecified atom stereocenters. The van der Waals surface area contributed by atoms with E-state index in [4.69, 9.17) is 0 Å². The number of fused-ring (bicyclic) bond motifs is 1. The number of aromatic nitrogens is 1. The summed E-state index contributed by atoms with van der Waals surface area (Å²) < 4.78 is 27.6. The lowest BCUT2D eigenvalue weighted by atomic mass is 10.0. The number of rotatable bonds is 4. The first-order valence-corrected chi connectivity index (χ1v) is 9.88. The van der Waals surface area contributed by atoms with Crippen LogP contribution in [0.1, 0.15) is 25.0 Å². The molecular weight excluding hydrogens is 380 g/mol. The minimum absolute atomic E-state index is 0.0436. The van der Waals surface area contributed by atoms with Gasteiger partial charge in [0.1, 0.15) is 12.0 Å². The van der Waals surface area contributed by atoms with E-state index in [9.17, 15) is 18.4 Å². The number of nitrogens with one attached hydrogen (secondary N) is 3. The average molecular weight is 405 g/mol. The maximum absolute atomic E-state index is 14.3. The van der Waals surface area contributed by atoms with Crippen LogP contribution >= 0.6 is 0 Å². The van der Waals surface area contributed by atoms with Crippen LogP contribution in [0.25, 0.3) is 10.9 Å². The number of carbonyl (C=O) groups excluding carboxylic acids is 2. The molecule has 2 aromatic rings. The third-order valence-electron chi connectivity index (χ3n) is 5.52. The lowest BCUT2D eigenvalue weighted by Crippen LogP contribution is -2.58. The third kappa shape index (κ3) is 4.28. The molecule has 0 spiro atoms. The van der Waals surface area contributed by atoms with Gasteiger partial charge < -0.3 is 25.4 Å². The molecule has 3 N–H and O–H groups in total. The largest absolute Gasteiger partial charge is 0.357 e. The summed E-state index contributed by atoms with van der Waals surface area (Å²) in [4.78, 5) is 31.2. The minimum atomic E-state index is -1.16. The maximum atomic E-state index is 14.3. The number of hydrogen-bond acceptors (Lipinski definition) is 2. The van der Waals surface area contributed by atoms with Crippen molar-refractivity contribution in [2.75, 3.05) is 20.1 Å². The van der Waals surface area contributed by atoms with Crippen LogP contribution < -0.4 is 10.6 Å². The number of carbonyl (C=O) groups is 2. The number of benzene rings is 1. The van der Waals surface area contributed by atoms with Crippen LogP contribution in [0.2, 0.25) is 0 Å². The van der Waals surface area contributed by atoms with E-state index in [1.165, 1.54) is 24.1 Å². The molecule has 2 aliphatic rings. The van der Waals surface area contributed by atoms with Gasteiger partial charge in [0.05, 0.1) is 19.1 Å². The summed E-state index contributed by atoms with van der Waals surface area (Å²) in [5.74, 6) is -0.314. The van der Waals surface area contributed by atoms with E-state index in [1.54, 1.807) is 17.0 Å². The molecule has 1 saturated carbocycles. The number of alkyl halides is 1. The average Bonchev–Trinajstić information content (AvgIpc) is 3.44. The van der Waals surface area contributed by atoms with Gasteiger partial charge in [-0.2, -0.15) is 0 Å². The van der Waals surface area contributed by atoms with E-state index >= 15 is 0 Å². The van der Waals surface area contributed by atoms with Crippen molar-refractivity contribution < 1.29 is 18.4 Å². The number of piperidine rings is 1. The minimum Gasteiger partial charge on any atom is -0.357 e. The summed E-state index contributed by atoms with van der Waals surface area (Å²) in [6.45, 7) is 0.612. The zero-order valence-electron chi connectivity index (χ0n) is 16.3. The topological polar surface area (TPSA) is 80.5 Å². The molecule has 1 aromatic heterocycles. The smallest absolute Gasteiger partial charge is 0.318 e. The van der Waals surface area contributed by atoms with Gasteiger partial charge in [-0.1, -0.05) is 0 Å². The normalized spacial score (nSPS) is 21.8. The summed E-state index contributed by atoms with van der Waals surface area (Å²) in [5.41, 5.74) is 1.55. The third-order valence-corrected chi connectivity index (χ3v) is 5.52. The van der Waals surface area contributed by atoms with Gasteiger partial charge in [-0.3, -0.25) is 0 Å². The Balaban J connectivity index is 1.43. The van der Waals surface area contributed by atoms with Crippen molar-refractivity contribution in [3.63, 3.8) is 0 Å². The van der Waals surface area contributed by atoms with Crippen LogP contribution in [0.4, 0.5) is 18.4 Å². The molecule has 0 bridgehead atoms. The van der Waals surface area contributed by atoms with Crippen LogP contribution in [0.5, 0.6) is 0 Å². The summed E-state index contributed by atoms with van der Waals surface area (Å²) in [7, 11) is 1.51. The first kappa shape index (κ1) is 19.5. The van der Waals surface area contributed by atoms with E-state index in [2.05, 4.69) is 15.6 Å². The Morgan fingerprint density at radius 1 is 1.24 bits per heavy atom. The first-order valence-electron chi connectivity index (χ1n) is 9.88. The van der Waals surface area contributed by atoms with E-state index in [1.807, 2.05) is 0 Å². The standard InChI is InChI=1S/C20H25F2N5O2/c1-23-19(28)26-10-14(22)8-17(11-26)27(16-3-4-16)20(29)24-9-15-7-12-6-13(21)2-5-18(12)25-15/h2,5-7,14,16-17,25H,3-4,8-11H2,1H3,(H,23,28)(H,24,29)/t14-,17+/m0/s1. The SMILES string of the molecule is CNC(=O)N1C[C@@H](F)C[C@@H](N(C(=O)NCc2cc3cc(F)ccc3[nH]2)C2CC2)C1. The zero-order valence-corrected chi connectivity index (χ0v) is 16.3. The number of H-pyrrole nitrogens is 1. The second kappa shape index (κ2) is 7.88. The van der Waals surface area contributed by atoms with Gasteiger partial charge in [-0.05, 0) is 37.1 Å². The quantitative estimate of drug-likeness (QED) is 0.731. The first-order chi connectivity index (χ1) is 13.9. The van der Waals surface area contributed by atoms with Crippen molar-refractivity contribution in [2.45, 2.75) is 44.1 Å². The highest BCUT2D eigenvalue weighted by molar-refractivity contribution is 5.81. The van der Waals surface area contributed by atoms with Crippen molar-refractivity contribution in [3.8, 4) is 0 Å². The molecule has 2 heterocycles. The van der Waals surface area contributed by atoms with Gasteiger partial charge in [0.15, 0.2) is 0 Å². The highest BCUT2D eigenvalue weighted by Gasteiger charge is 2.41. The number of halogens is 2. The molecule has 1 aliphatic carbocycles. The van der Waals surface area contributed by atoms with Crippen LogP contribution in [0.3, 0.4) is 0 Å². The predicted molar refractivity (Wildman–Crippen MR) is 105 cm³/mol. The predicted octanol–water partition coefficient (Wildman–Crippen LogP) is 2.73. The second-order valence-corrected chi connectivity index (χ2v) is 7.77. The maximum Gasteiger partial charge on any atom is 0.318 e. The lowest BCUT2D eigenvalue weighted by molar-refractivity contribution is 0.0758. The van der Waals surface area contributed by atoms with Crippen LogP contribution in [-0.2, 0) is 6.54 Å². The van der Waals surface area contributed by atoms with Crippen molar-refractivity contribution in [1.82, 2.24) is 25.4 Å². The second-order valence-electron chi connectivity index (χ2n) is 7.77. The summed E-state index contributed by atoms with van der Waals surface area (Å²) in [6.07, 6.45) is 0.825. The van der Waals surface area contributed by atoms with Crippen molar-refractivity contribution in [2.24, 2.45) is 0 Å². The molecule has 29 heavy (non-hydrogen) atoms. The highest BCUT2D eigenvalue weighted by Crippen LogP contribution is 2.32. The van der Waals surface area contributed by atoms with Gasteiger partial charge >= 0.3 is 12.1 Å². The molecule has 0 radical (unpaired) electrons. The summed E-state index contributed by atoms with van der Waals surface area (Å²) in [6, 6.07) is 5.38. The lowest BCUT2D eigenvalue weighted by Gasteiger charge is -2.40. The number of nitrogens with zero attached hydrogens (tertiary/aromatic N) is 2. The van der Waals surface area contributed by atoms with Crippen molar-refractivity contribution in [1.29, 1.82) is 0 Å². The molecule has 9 heteroatoms. The molecule has 2 atom stereocenters. The van der Waals surface area contributed by atoms with E-state index in [0.717, 1.165) is 29.4 Å². The molecule has 1 aliphatic heterocycles. The van der Waals surface area contributed by atoms with Gasteiger partial charge in [0, 0.05) is 42.7 Å². The molecule has 2 fully saturated rings. The fraction of sp³-hybridized carbons (Fsp3) is 0.500. The van der Waals surface area contributed by atoms with Gasteiger partial charge in [0.2, 0.25) is 0 Å². The Morgan fingerprint density at radius 3 is 2.76 bits per heavy atom. The van der Waals surface area contributed by atoms with Crippen molar-refractivity contribution >= 4 is 23.0 Å². The molecule has 156 valence electrons. The fourth-order valence-electron chi connectivity index (χ4n) is 4.04. The highest BCUT2D eigenvalue weighted by atomic mass is 19.1. The molecule has 1 aromatic carbocycles. The van der Waals surface area contributed by atoms with E-state index < -0.39 is 6.17 Å². The van der Waals surface area contributed by atoms with Gasteiger partial charge in [0.25, 0.3) is 0 Å². The summed E-state index contributed by atoms with van der Waals surface area (Å²) >= 11 is 0. The Kier molecular flexibility index (Phi) is 5.29. The number of amides is 4. The number of likely N-dealkylation sites (tertiary alicyclic amines) is 1. The number of aromatic amines is 1. The summed E-state index contributed by atoms with van der Waals surface area (Å²) in [5, 5.41) is 6.15. The van der Waals surface area contributed by atoms with Crippen molar-refractivity contribution in [3.05, 3.63) is 35.8 Å². The Bertz CT molecular complexity index is 913. The van der Waals surface area contributed by atoms with Gasteiger partial charge in [-0.25, -0.2) is 18.4 Å². The Hall–Kier alpha value is -2.84. The number of urea groups is 2. The van der Waals surface area contributed by atoms with E-state index in [0.29, 0.717) is 6.54 Å². The Morgan fingerprint density at radius 2 is 2.03 bits per heavy atom. The molecule has 1 saturated heterocycles. The molecular formula is C20H25F2N5O2. The van der Waals surface area contributed by atoms with Crippen LogP contribution in [-0.4, -0.2) is 65.2 Å². The molecule has 4 amide bonds. The fourth-order valence-corrected chi connectivity index (χ4v) is 4.04. The monoisotopic (exact) mass is 405 g/mol. The Labute approximate surface area is 167 Å². The van der Waals surface area contributed by atoms with Gasteiger partial charge in [-0.15, -0.1) is 0 Å². The number of hydrogen-bond donors (Lipinski definition) is 3. The molecule has 4 rings (SSSR count). The zero-order chi connectivity index (χ0) is 20.5. The van der Waals surface area contributed by atoms with Crippen LogP contribution in [0, 0.1) is 5.82 Å². The van der Waals surface area contributed by atoms with Crippen LogP contribution in [0.15, 0.2) is 24.3 Å². The molecule has 7 nitrogen and oxygen atoms in total. The van der Waals surface area contributed by atoms with E-state index in [-0.39, 0.29) is 49.5 Å².